The van der Waals surface area contributed by atoms with Gasteiger partial charge in [-0.1, -0.05) is 0 Å². The number of alkyl halides is 2. The minimum absolute atomic E-state index is 0.121. The molecule has 0 amide bonds. The molecule has 0 aliphatic rings. The smallest absolute Gasteiger partial charge is 0.309 e. The SMILES string of the molecule is O=C(O)Cc1cc(C(F)F)c(Br)cn1. The second kappa shape index (κ2) is 4.45. The molecule has 6 heteroatoms. The third-order valence-electron chi connectivity index (χ3n) is 1.51. The zero-order valence-corrected chi connectivity index (χ0v) is 8.46. The molecular weight excluding hydrogens is 260 g/mol. The van der Waals surface area contributed by atoms with Crippen LogP contribution >= 0.6 is 15.9 Å². The van der Waals surface area contributed by atoms with Crippen LogP contribution < -0.4 is 0 Å². The lowest BCUT2D eigenvalue weighted by Gasteiger charge is -2.04. The highest BCUT2D eigenvalue weighted by Gasteiger charge is 2.13. The molecule has 0 aromatic carbocycles. The van der Waals surface area contributed by atoms with Gasteiger partial charge in [-0.2, -0.15) is 0 Å². The molecule has 1 aromatic heterocycles. The lowest BCUT2D eigenvalue weighted by Crippen LogP contribution is -2.03. The summed E-state index contributed by atoms with van der Waals surface area (Å²) in [5, 5.41) is 8.43. The number of halogens is 3. The fourth-order valence-electron chi connectivity index (χ4n) is 0.919. The molecule has 0 bridgehead atoms. The van der Waals surface area contributed by atoms with Gasteiger partial charge in [0, 0.05) is 16.2 Å². The van der Waals surface area contributed by atoms with E-state index in [1.165, 1.54) is 6.20 Å². The van der Waals surface area contributed by atoms with Gasteiger partial charge in [0.2, 0.25) is 0 Å². The number of hydrogen-bond donors (Lipinski definition) is 1. The van der Waals surface area contributed by atoms with Crippen molar-refractivity contribution in [2.75, 3.05) is 0 Å². The molecule has 1 aromatic rings. The van der Waals surface area contributed by atoms with Gasteiger partial charge < -0.3 is 5.11 Å². The van der Waals surface area contributed by atoms with E-state index in [1.54, 1.807) is 0 Å². The second-order valence-corrected chi connectivity index (χ2v) is 3.42. The van der Waals surface area contributed by atoms with E-state index in [0.717, 1.165) is 6.07 Å². The highest BCUT2D eigenvalue weighted by atomic mass is 79.9. The van der Waals surface area contributed by atoms with E-state index in [0.29, 0.717) is 0 Å². The molecule has 1 rings (SSSR count). The molecule has 0 saturated carbocycles. The lowest BCUT2D eigenvalue weighted by molar-refractivity contribution is -0.136. The molecule has 3 nitrogen and oxygen atoms in total. The van der Waals surface area contributed by atoms with Crippen LogP contribution in [-0.2, 0) is 11.2 Å². The highest BCUT2D eigenvalue weighted by molar-refractivity contribution is 9.10. The minimum Gasteiger partial charge on any atom is -0.481 e. The largest absolute Gasteiger partial charge is 0.481 e. The number of hydrogen-bond acceptors (Lipinski definition) is 2. The van der Waals surface area contributed by atoms with Crippen LogP contribution in [0.25, 0.3) is 0 Å². The highest BCUT2D eigenvalue weighted by Crippen LogP contribution is 2.27. The molecule has 76 valence electrons. The van der Waals surface area contributed by atoms with Crippen LogP contribution in [0.2, 0.25) is 0 Å². The van der Waals surface area contributed by atoms with Crippen molar-refractivity contribution < 1.29 is 18.7 Å². The Balaban J connectivity index is 3.00. The standard InChI is InChI=1S/C8H6BrF2NO2/c9-6-3-12-4(2-7(13)14)1-5(6)8(10)11/h1,3,8H,2H2,(H,13,14). The van der Waals surface area contributed by atoms with Crippen molar-refractivity contribution in [3.63, 3.8) is 0 Å². The first-order chi connectivity index (χ1) is 6.50. The topological polar surface area (TPSA) is 50.2 Å². The van der Waals surface area contributed by atoms with E-state index in [1.807, 2.05) is 0 Å². The van der Waals surface area contributed by atoms with Crippen molar-refractivity contribution in [1.29, 1.82) is 0 Å². The summed E-state index contributed by atoms with van der Waals surface area (Å²) in [6, 6.07) is 1.09. The molecule has 1 heterocycles. The van der Waals surface area contributed by atoms with E-state index in [9.17, 15) is 13.6 Å². The molecular formula is C8H6BrF2NO2. The van der Waals surface area contributed by atoms with E-state index in [4.69, 9.17) is 5.11 Å². The molecule has 1 N–H and O–H groups in total. The molecule has 0 atom stereocenters. The number of pyridine rings is 1. The van der Waals surface area contributed by atoms with Gasteiger partial charge >= 0.3 is 5.97 Å². The van der Waals surface area contributed by atoms with Gasteiger partial charge in [0.15, 0.2) is 0 Å². The van der Waals surface area contributed by atoms with Crippen LogP contribution in [0.5, 0.6) is 0 Å². The molecule has 0 saturated heterocycles. The van der Waals surface area contributed by atoms with Gasteiger partial charge in [-0.25, -0.2) is 8.78 Å². The van der Waals surface area contributed by atoms with Crippen molar-refractivity contribution in [2.45, 2.75) is 12.8 Å². The lowest BCUT2D eigenvalue weighted by atomic mass is 10.2. The maximum Gasteiger partial charge on any atom is 0.309 e. The predicted octanol–water partition coefficient (Wildman–Crippen LogP) is 2.41. The maximum atomic E-state index is 12.3. The molecule has 0 spiro atoms. The number of nitrogens with zero attached hydrogens (tertiary/aromatic N) is 1. The Hall–Kier alpha value is -1.04. The second-order valence-electron chi connectivity index (χ2n) is 2.57. The number of carboxylic acids is 1. The zero-order chi connectivity index (χ0) is 10.7. The molecule has 0 fully saturated rings. The van der Waals surface area contributed by atoms with Crippen LogP contribution in [-0.4, -0.2) is 16.1 Å². The van der Waals surface area contributed by atoms with Gasteiger partial charge in [-0.05, 0) is 22.0 Å². The number of aliphatic carboxylic acids is 1. The molecule has 14 heavy (non-hydrogen) atoms. The van der Waals surface area contributed by atoms with Crippen LogP contribution in [0.4, 0.5) is 8.78 Å². The molecule has 0 unspecified atom stereocenters. The quantitative estimate of drug-likeness (QED) is 0.913. The minimum atomic E-state index is -2.64. The van der Waals surface area contributed by atoms with Gasteiger partial charge in [-0.15, -0.1) is 0 Å². The van der Waals surface area contributed by atoms with Crippen LogP contribution in [0, 0.1) is 0 Å². The summed E-state index contributed by atoms with van der Waals surface area (Å²) in [6.07, 6.45) is -1.81. The van der Waals surface area contributed by atoms with Gasteiger partial charge in [-0.3, -0.25) is 9.78 Å². The Morgan fingerprint density at radius 3 is 2.79 bits per heavy atom. The zero-order valence-electron chi connectivity index (χ0n) is 6.88. The Bertz CT molecular complexity index is 357. The van der Waals surface area contributed by atoms with Crippen molar-refractivity contribution in [3.8, 4) is 0 Å². The first-order valence-electron chi connectivity index (χ1n) is 3.65. The van der Waals surface area contributed by atoms with Crippen LogP contribution in [0.3, 0.4) is 0 Å². The van der Waals surface area contributed by atoms with Crippen molar-refractivity contribution in [3.05, 3.63) is 28.0 Å². The third kappa shape index (κ3) is 2.73. The first-order valence-corrected chi connectivity index (χ1v) is 4.44. The number of carboxylic acid groups (broad SMARTS) is 1. The summed E-state index contributed by atoms with van der Waals surface area (Å²) in [5.74, 6) is -1.10. The van der Waals surface area contributed by atoms with Gasteiger partial charge in [0.25, 0.3) is 6.43 Å². The summed E-state index contributed by atoms with van der Waals surface area (Å²) in [6.45, 7) is 0. The summed E-state index contributed by atoms with van der Waals surface area (Å²) >= 11 is 2.91. The van der Waals surface area contributed by atoms with E-state index >= 15 is 0 Å². The van der Waals surface area contributed by atoms with Gasteiger partial charge in [0.1, 0.15) is 0 Å². The maximum absolute atomic E-state index is 12.3. The summed E-state index contributed by atoms with van der Waals surface area (Å²) < 4.78 is 24.9. The fourth-order valence-corrected chi connectivity index (χ4v) is 1.31. The Labute approximate surface area is 86.9 Å². The van der Waals surface area contributed by atoms with Gasteiger partial charge in [0.05, 0.1) is 12.1 Å². The van der Waals surface area contributed by atoms with E-state index in [2.05, 4.69) is 20.9 Å². The molecule has 0 radical (unpaired) electrons. The van der Waals surface area contributed by atoms with E-state index < -0.39 is 12.4 Å². The molecule has 0 aliphatic heterocycles. The number of carbonyl (C=O) groups is 1. The third-order valence-corrected chi connectivity index (χ3v) is 2.17. The van der Waals surface area contributed by atoms with Crippen molar-refractivity contribution in [1.82, 2.24) is 4.98 Å². The molecule has 0 aliphatic carbocycles. The number of rotatable bonds is 3. The van der Waals surface area contributed by atoms with Crippen LogP contribution in [0.15, 0.2) is 16.7 Å². The van der Waals surface area contributed by atoms with Crippen molar-refractivity contribution in [2.24, 2.45) is 0 Å². The summed E-state index contributed by atoms with van der Waals surface area (Å²) in [4.78, 5) is 14.0. The normalized spacial score (nSPS) is 10.6. The first kappa shape index (κ1) is 11.0. The van der Waals surface area contributed by atoms with E-state index in [-0.39, 0.29) is 22.2 Å². The fraction of sp³-hybridized carbons (Fsp3) is 0.250. The Morgan fingerprint density at radius 2 is 2.29 bits per heavy atom. The number of aromatic nitrogens is 1. The Morgan fingerprint density at radius 1 is 1.64 bits per heavy atom. The van der Waals surface area contributed by atoms with Crippen molar-refractivity contribution >= 4 is 21.9 Å². The average Bonchev–Trinajstić information content (AvgIpc) is 2.07. The average molecular weight is 266 g/mol. The predicted molar refractivity (Wildman–Crippen MR) is 48.2 cm³/mol. The summed E-state index contributed by atoms with van der Waals surface area (Å²) in [7, 11) is 0. The Kier molecular flexibility index (Phi) is 3.51. The summed E-state index contributed by atoms with van der Waals surface area (Å²) in [5.41, 5.74) is -0.118. The monoisotopic (exact) mass is 265 g/mol. The van der Waals surface area contributed by atoms with Crippen LogP contribution in [0.1, 0.15) is 17.7 Å².